The first kappa shape index (κ1) is 20.2. The Morgan fingerprint density at radius 1 is 1.14 bits per heavy atom. The Bertz CT molecular complexity index is 806. The summed E-state index contributed by atoms with van der Waals surface area (Å²) in [6.45, 7) is 1.36. The fourth-order valence-electron chi connectivity index (χ4n) is 3.91. The lowest BCUT2D eigenvalue weighted by Gasteiger charge is -2.26. The summed E-state index contributed by atoms with van der Waals surface area (Å²) in [5, 5.41) is 3.24. The van der Waals surface area contributed by atoms with Gasteiger partial charge in [0.05, 0.1) is 33.9 Å². The molecule has 0 heterocycles. The minimum absolute atomic E-state index is 0.117. The van der Waals surface area contributed by atoms with Crippen LogP contribution in [0.15, 0.2) is 42.5 Å². The molecule has 0 fully saturated rings. The van der Waals surface area contributed by atoms with Crippen LogP contribution >= 0.6 is 0 Å². The quantitative estimate of drug-likeness (QED) is 0.733. The number of likely N-dealkylation sites (N-methyl/N-ethyl adjacent to an activating group) is 1. The maximum Gasteiger partial charge on any atom is 0.275 e. The molecule has 0 aliphatic heterocycles. The van der Waals surface area contributed by atoms with Gasteiger partial charge in [-0.05, 0) is 48.1 Å². The Balaban J connectivity index is 1.50. The van der Waals surface area contributed by atoms with Crippen LogP contribution in [0.4, 0.5) is 0 Å². The number of hydrogen-bond acceptors (Lipinski definition) is 3. The summed E-state index contributed by atoms with van der Waals surface area (Å²) in [5.41, 5.74) is 3.83. The second kappa shape index (κ2) is 9.60. The van der Waals surface area contributed by atoms with Crippen molar-refractivity contribution in [1.82, 2.24) is 5.32 Å². The molecule has 28 heavy (non-hydrogen) atoms. The van der Waals surface area contributed by atoms with Crippen molar-refractivity contribution in [1.29, 1.82) is 0 Å². The molecule has 1 amide bonds. The van der Waals surface area contributed by atoms with E-state index in [9.17, 15) is 4.79 Å². The molecule has 5 heteroatoms. The molecule has 0 bridgehead atoms. The van der Waals surface area contributed by atoms with Gasteiger partial charge in [-0.25, -0.2) is 0 Å². The van der Waals surface area contributed by atoms with E-state index in [1.165, 1.54) is 21.6 Å². The first-order valence-corrected chi connectivity index (χ1v) is 10.00. The standard InChI is InChI=1S/C23H30N2O3/c1-25(14-13-17-11-12-21(27-2)22(15-17)28-3)16-23(26)24-20-10-6-8-18-7-4-5-9-19(18)20/h4-5,7,9,11-12,15,20H,6,8,10,13-14,16H2,1-3H3,(H,24,26)/p+1/t20-/m0/s1. The van der Waals surface area contributed by atoms with Crippen LogP contribution in [-0.2, 0) is 17.6 Å². The molecule has 0 saturated carbocycles. The van der Waals surface area contributed by atoms with Gasteiger partial charge in [0.15, 0.2) is 18.0 Å². The van der Waals surface area contributed by atoms with Crippen LogP contribution in [0.3, 0.4) is 0 Å². The van der Waals surface area contributed by atoms with Crippen LogP contribution in [0, 0.1) is 0 Å². The molecule has 2 aromatic rings. The largest absolute Gasteiger partial charge is 0.493 e. The molecule has 3 rings (SSSR count). The number of carbonyl (C=O) groups is 1. The average molecular weight is 384 g/mol. The summed E-state index contributed by atoms with van der Waals surface area (Å²) < 4.78 is 10.6. The van der Waals surface area contributed by atoms with E-state index >= 15 is 0 Å². The molecular formula is C23H31N2O3+. The number of methoxy groups -OCH3 is 2. The number of ether oxygens (including phenoxy) is 2. The van der Waals surface area contributed by atoms with Gasteiger partial charge in [0.1, 0.15) is 0 Å². The number of fused-ring (bicyclic) bond motifs is 1. The maximum absolute atomic E-state index is 12.6. The third-order valence-corrected chi connectivity index (χ3v) is 5.46. The van der Waals surface area contributed by atoms with Crippen LogP contribution in [-0.4, -0.2) is 40.3 Å². The monoisotopic (exact) mass is 383 g/mol. The summed E-state index contributed by atoms with van der Waals surface area (Å²) in [4.78, 5) is 13.7. The normalized spacial score (nSPS) is 16.8. The van der Waals surface area contributed by atoms with Crippen LogP contribution in [0.25, 0.3) is 0 Å². The van der Waals surface area contributed by atoms with Crippen molar-refractivity contribution in [3.63, 3.8) is 0 Å². The summed E-state index contributed by atoms with van der Waals surface area (Å²) in [6, 6.07) is 14.6. The predicted molar refractivity (Wildman–Crippen MR) is 110 cm³/mol. The fourth-order valence-corrected chi connectivity index (χ4v) is 3.91. The molecule has 2 atom stereocenters. The zero-order valence-corrected chi connectivity index (χ0v) is 17.1. The number of nitrogens with one attached hydrogen (secondary N) is 2. The number of rotatable bonds is 8. The molecule has 150 valence electrons. The molecule has 1 aliphatic rings. The molecule has 0 radical (unpaired) electrons. The van der Waals surface area contributed by atoms with Crippen molar-refractivity contribution in [3.8, 4) is 11.5 Å². The molecule has 2 aromatic carbocycles. The highest BCUT2D eigenvalue weighted by Crippen LogP contribution is 2.29. The fraction of sp³-hybridized carbons (Fsp3) is 0.435. The Morgan fingerprint density at radius 2 is 1.93 bits per heavy atom. The molecule has 0 saturated heterocycles. The van der Waals surface area contributed by atoms with E-state index < -0.39 is 0 Å². The van der Waals surface area contributed by atoms with E-state index in [0.717, 1.165) is 43.7 Å². The zero-order chi connectivity index (χ0) is 19.9. The first-order chi connectivity index (χ1) is 13.6. The average Bonchev–Trinajstić information content (AvgIpc) is 2.72. The van der Waals surface area contributed by atoms with Gasteiger partial charge in [0.2, 0.25) is 0 Å². The molecule has 5 nitrogen and oxygen atoms in total. The van der Waals surface area contributed by atoms with E-state index in [1.807, 2.05) is 18.2 Å². The third kappa shape index (κ3) is 5.04. The highest BCUT2D eigenvalue weighted by molar-refractivity contribution is 5.77. The molecular weight excluding hydrogens is 352 g/mol. The number of amides is 1. The predicted octanol–water partition coefficient (Wildman–Crippen LogP) is 1.95. The number of benzene rings is 2. The Kier molecular flexibility index (Phi) is 6.93. The van der Waals surface area contributed by atoms with E-state index in [-0.39, 0.29) is 11.9 Å². The summed E-state index contributed by atoms with van der Waals surface area (Å²) in [6.07, 6.45) is 4.14. The minimum atomic E-state index is 0.117. The molecule has 0 aromatic heterocycles. The van der Waals surface area contributed by atoms with Gasteiger partial charge in [0.25, 0.3) is 5.91 Å². The zero-order valence-electron chi connectivity index (χ0n) is 17.1. The first-order valence-electron chi connectivity index (χ1n) is 10.00. The lowest BCUT2D eigenvalue weighted by molar-refractivity contribution is -0.871. The number of hydrogen-bond donors (Lipinski definition) is 2. The minimum Gasteiger partial charge on any atom is -0.493 e. The Hall–Kier alpha value is -2.53. The molecule has 2 N–H and O–H groups in total. The Labute approximate surface area is 167 Å². The Morgan fingerprint density at radius 3 is 2.71 bits per heavy atom. The van der Waals surface area contributed by atoms with Gasteiger partial charge >= 0.3 is 0 Å². The van der Waals surface area contributed by atoms with Gasteiger partial charge in [-0.2, -0.15) is 0 Å². The van der Waals surface area contributed by atoms with Crippen molar-refractivity contribution >= 4 is 5.91 Å². The van der Waals surface area contributed by atoms with E-state index in [2.05, 4.69) is 36.6 Å². The second-order valence-corrected chi connectivity index (χ2v) is 7.53. The van der Waals surface area contributed by atoms with E-state index in [0.29, 0.717) is 6.54 Å². The smallest absolute Gasteiger partial charge is 0.275 e. The SMILES string of the molecule is COc1ccc(CC[NH+](C)CC(=O)N[C@H]2CCCc3ccccc32)cc1OC. The summed E-state index contributed by atoms with van der Waals surface area (Å²) in [5.74, 6) is 1.59. The van der Waals surface area contributed by atoms with Crippen molar-refractivity contribution in [3.05, 3.63) is 59.2 Å². The van der Waals surface area contributed by atoms with Crippen LogP contribution in [0.5, 0.6) is 11.5 Å². The van der Waals surface area contributed by atoms with Crippen molar-refractivity contribution in [2.45, 2.75) is 31.7 Å². The molecule has 1 aliphatic carbocycles. The van der Waals surface area contributed by atoms with Crippen LogP contribution in [0.2, 0.25) is 0 Å². The van der Waals surface area contributed by atoms with Gasteiger partial charge in [-0.15, -0.1) is 0 Å². The second-order valence-electron chi connectivity index (χ2n) is 7.53. The third-order valence-electron chi connectivity index (χ3n) is 5.46. The van der Waals surface area contributed by atoms with Crippen LogP contribution in [0.1, 0.15) is 35.6 Å². The van der Waals surface area contributed by atoms with Gasteiger partial charge in [0, 0.05) is 6.42 Å². The van der Waals surface area contributed by atoms with Gasteiger partial charge < -0.3 is 19.7 Å². The van der Waals surface area contributed by atoms with E-state index in [1.54, 1.807) is 14.2 Å². The highest BCUT2D eigenvalue weighted by Gasteiger charge is 2.22. The molecule has 1 unspecified atom stereocenters. The highest BCUT2D eigenvalue weighted by atomic mass is 16.5. The topological polar surface area (TPSA) is 52.0 Å². The maximum atomic E-state index is 12.6. The van der Waals surface area contributed by atoms with Crippen molar-refractivity contribution < 1.29 is 19.2 Å². The lowest BCUT2D eigenvalue weighted by atomic mass is 9.88. The summed E-state index contributed by atoms with van der Waals surface area (Å²) >= 11 is 0. The van der Waals surface area contributed by atoms with Crippen molar-refractivity contribution in [2.24, 2.45) is 0 Å². The number of carbonyl (C=O) groups excluding carboxylic acids is 1. The van der Waals surface area contributed by atoms with Crippen LogP contribution < -0.4 is 19.7 Å². The number of aryl methyl sites for hydroxylation is 1. The van der Waals surface area contributed by atoms with E-state index in [4.69, 9.17) is 9.47 Å². The van der Waals surface area contributed by atoms with Gasteiger partial charge in [-0.1, -0.05) is 30.3 Å². The van der Waals surface area contributed by atoms with Crippen molar-refractivity contribution in [2.75, 3.05) is 34.4 Å². The lowest BCUT2D eigenvalue weighted by Crippen LogP contribution is -3.10. The molecule has 0 spiro atoms. The summed E-state index contributed by atoms with van der Waals surface area (Å²) in [7, 11) is 5.35. The van der Waals surface area contributed by atoms with Gasteiger partial charge in [-0.3, -0.25) is 4.79 Å². The number of quaternary nitrogens is 1.